The summed E-state index contributed by atoms with van der Waals surface area (Å²) >= 11 is 1.56. The Morgan fingerprint density at radius 3 is 2.70 bits per heavy atom. The third kappa shape index (κ3) is 3.96. The van der Waals surface area contributed by atoms with Gasteiger partial charge < -0.3 is 10.0 Å². The number of thioether (sulfide) groups is 1. The molecule has 1 N–H and O–H groups in total. The van der Waals surface area contributed by atoms with E-state index >= 15 is 0 Å². The van der Waals surface area contributed by atoms with Crippen LogP contribution in [-0.2, 0) is 0 Å². The molecule has 1 aliphatic rings. The molecule has 0 spiro atoms. The summed E-state index contributed by atoms with van der Waals surface area (Å²) in [5, 5.41) is 9.98. The van der Waals surface area contributed by atoms with Gasteiger partial charge in [0.15, 0.2) is 0 Å². The first-order valence-electron chi connectivity index (χ1n) is 7.14. The summed E-state index contributed by atoms with van der Waals surface area (Å²) in [5.41, 5.74) is 2.04. The molecular formula is C15H22N2O2S. The number of aromatic nitrogens is 1. The standard InChI is InChI=1S/C15H22N2O2S/c1-11-10-12(2)16-14(13(11)15(18)19)20-9-8-17-6-4-3-5-7-17/h10H,3-9H2,1-2H3,(H,18,19). The van der Waals surface area contributed by atoms with Gasteiger partial charge in [0.25, 0.3) is 0 Å². The van der Waals surface area contributed by atoms with Gasteiger partial charge in [0.2, 0.25) is 0 Å². The largest absolute Gasteiger partial charge is 0.478 e. The van der Waals surface area contributed by atoms with E-state index in [0.717, 1.165) is 23.6 Å². The molecule has 0 aromatic carbocycles. The zero-order chi connectivity index (χ0) is 14.5. The van der Waals surface area contributed by atoms with Crippen molar-refractivity contribution in [2.75, 3.05) is 25.4 Å². The highest BCUT2D eigenvalue weighted by atomic mass is 32.2. The summed E-state index contributed by atoms with van der Waals surface area (Å²) in [7, 11) is 0. The van der Waals surface area contributed by atoms with Gasteiger partial charge in [-0.25, -0.2) is 9.78 Å². The minimum atomic E-state index is -0.879. The molecule has 110 valence electrons. The predicted octanol–water partition coefficient (Wildman–Crippen LogP) is 2.97. The third-order valence-electron chi connectivity index (χ3n) is 3.62. The van der Waals surface area contributed by atoms with Gasteiger partial charge in [0.05, 0.1) is 5.56 Å². The van der Waals surface area contributed by atoms with Crippen molar-refractivity contribution in [3.05, 3.63) is 22.9 Å². The van der Waals surface area contributed by atoms with Gasteiger partial charge in [-0.2, -0.15) is 0 Å². The Kier molecular flexibility index (Phi) is 5.43. The number of hydrogen-bond acceptors (Lipinski definition) is 4. The Hall–Kier alpha value is -1.07. The van der Waals surface area contributed by atoms with Crippen LogP contribution in [0.15, 0.2) is 11.1 Å². The Bertz CT molecular complexity index is 485. The Morgan fingerprint density at radius 1 is 1.35 bits per heavy atom. The van der Waals surface area contributed by atoms with Gasteiger partial charge in [-0.1, -0.05) is 6.42 Å². The van der Waals surface area contributed by atoms with Crippen LogP contribution in [0.2, 0.25) is 0 Å². The van der Waals surface area contributed by atoms with E-state index in [0.29, 0.717) is 10.6 Å². The molecule has 0 unspecified atom stereocenters. The van der Waals surface area contributed by atoms with Crippen molar-refractivity contribution in [1.29, 1.82) is 0 Å². The number of carbonyl (C=O) groups is 1. The molecule has 1 aromatic rings. The van der Waals surface area contributed by atoms with E-state index in [-0.39, 0.29) is 0 Å². The molecule has 5 heteroatoms. The topological polar surface area (TPSA) is 53.4 Å². The molecule has 20 heavy (non-hydrogen) atoms. The lowest BCUT2D eigenvalue weighted by Crippen LogP contribution is -2.31. The summed E-state index contributed by atoms with van der Waals surface area (Å²) in [6, 6.07) is 1.83. The van der Waals surface area contributed by atoms with Crippen molar-refractivity contribution in [3.63, 3.8) is 0 Å². The van der Waals surface area contributed by atoms with Gasteiger partial charge in [-0.3, -0.25) is 0 Å². The molecule has 4 nitrogen and oxygen atoms in total. The Morgan fingerprint density at radius 2 is 2.05 bits per heavy atom. The molecule has 1 fully saturated rings. The molecule has 0 aliphatic carbocycles. The second-order valence-corrected chi connectivity index (χ2v) is 6.40. The number of pyridine rings is 1. The van der Waals surface area contributed by atoms with Gasteiger partial charge in [-0.05, 0) is 51.4 Å². The van der Waals surface area contributed by atoms with Gasteiger partial charge >= 0.3 is 5.97 Å². The molecule has 1 aliphatic heterocycles. The first-order chi connectivity index (χ1) is 9.58. The zero-order valence-corrected chi connectivity index (χ0v) is 13.0. The van der Waals surface area contributed by atoms with E-state index < -0.39 is 5.97 Å². The molecule has 0 atom stereocenters. The number of carboxylic acids is 1. The summed E-state index contributed by atoms with van der Waals surface area (Å²) in [4.78, 5) is 18.2. The van der Waals surface area contributed by atoms with Crippen LogP contribution in [0.4, 0.5) is 0 Å². The molecule has 0 radical (unpaired) electrons. The number of nitrogens with zero attached hydrogens (tertiary/aromatic N) is 2. The lowest BCUT2D eigenvalue weighted by atomic mass is 10.1. The van der Waals surface area contributed by atoms with Crippen LogP contribution < -0.4 is 0 Å². The predicted molar refractivity (Wildman–Crippen MR) is 81.7 cm³/mol. The quantitative estimate of drug-likeness (QED) is 0.846. The maximum atomic E-state index is 11.4. The number of likely N-dealkylation sites (tertiary alicyclic amines) is 1. The number of hydrogen-bond donors (Lipinski definition) is 1. The van der Waals surface area contributed by atoms with Crippen molar-refractivity contribution in [2.24, 2.45) is 0 Å². The number of carboxylic acid groups (broad SMARTS) is 1. The van der Waals surface area contributed by atoms with E-state index in [1.165, 1.54) is 32.4 Å². The molecule has 0 bridgehead atoms. The zero-order valence-electron chi connectivity index (χ0n) is 12.2. The highest BCUT2D eigenvalue weighted by molar-refractivity contribution is 7.99. The lowest BCUT2D eigenvalue weighted by Gasteiger charge is -2.26. The van der Waals surface area contributed by atoms with E-state index in [2.05, 4.69) is 9.88 Å². The summed E-state index contributed by atoms with van der Waals surface area (Å²) in [6.07, 6.45) is 3.91. The highest BCUT2D eigenvalue weighted by Crippen LogP contribution is 2.24. The van der Waals surface area contributed by atoms with E-state index in [1.54, 1.807) is 11.8 Å². The minimum absolute atomic E-state index is 0.360. The second kappa shape index (κ2) is 7.09. The van der Waals surface area contributed by atoms with Gasteiger partial charge in [-0.15, -0.1) is 11.8 Å². The maximum absolute atomic E-state index is 11.4. The third-order valence-corrected chi connectivity index (χ3v) is 4.58. The van der Waals surface area contributed by atoms with E-state index in [9.17, 15) is 9.90 Å². The van der Waals surface area contributed by atoms with Gasteiger partial charge in [0.1, 0.15) is 5.03 Å². The van der Waals surface area contributed by atoms with Crippen LogP contribution in [0.25, 0.3) is 0 Å². The Balaban J connectivity index is 1.99. The molecular weight excluding hydrogens is 272 g/mol. The molecule has 0 amide bonds. The lowest BCUT2D eigenvalue weighted by molar-refractivity contribution is 0.0691. The molecule has 2 heterocycles. The fourth-order valence-corrected chi connectivity index (χ4v) is 3.77. The van der Waals surface area contributed by atoms with Gasteiger partial charge in [0, 0.05) is 18.0 Å². The SMILES string of the molecule is Cc1cc(C)c(C(=O)O)c(SCCN2CCCCC2)n1. The average molecular weight is 294 g/mol. The van der Waals surface area contributed by atoms with Crippen LogP contribution in [-0.4, -0.2) is 46.3 Å². The number of aromatic carboxylic acids is 1. The fourth-order valence-electron chi connectivity index (χ4n) is 2.62. The van der Waals surface area contributed by atoms with Crippen LogP contribution in [0.5, 0.6) is 0 Å². The summed E-state index contributed by atoms with van der Waals surface area (Å²) < 4.78 is 0. The molecule has 2 rings (SSSR count). The highest BCUT2D eigenvalue weighted by Gasteiger charge is 2.17. The average Bonchev–Trinajstić information content (AvgIpc) is 2.38. The molecule has 1 aromatic heterocycles. The fraction of sp³-hybridized carbons (Fsp3) is 0.600. The van der Waals surface area contributed by atoms with Crippen LogP contribution in [0, 0.1) is 13.8 Å². The minimum Gasteiger partial charge on any atom is -0.478 e. The van der Waals surface area contributed by atoms with E-state index in [4.69, 9.17) is 0 Å². The summed E-state index contributed by atoms with van der Waals surface area (Å²) in [6.45, 7) is 7.11. The number of rotatable bonds is 5. The maximum Gasteiger partial charge on any atom is 0.338 e. The van der Waals surface area contributed by atoms with Crippen molar-refractivity contribution < 1.29 is 9.90 Å². The first-order valence-corrected chi connectivity index (χ1v) is 8.13. The monoisotopic (exact) mass is 294 g/mol. The molecule has 0 saturated carbocycles. The van der Waals surface area contributed by atoms with Crippen molar-refractivity contribution in [1.82, 2.24) is 9.88 Å². The second-order valence-electron chi connectivity index (χ2n) is 5.32. The summed E-state index contributed by atoms with van der Waals surface area (Å²) in [5.74, 6) is 0.0198. The number of aryl methyl sites for hydroxylation is 2. The van der Waals surface area contributed by atoms with Crippen molar-refractivity contribution in [3.8, 4) is 0 Å². The normalized spacial score (nSPS) is 16.3. The smallest absolute Gasteiger partial charge is 0.338 e. The molecule has 1 saturated heterocycles. The Labute approximate surface area is 124 Å². The van der Waals surface area contributed by atoms with Crippen molar-refractivity contribution in [2.45, 2.75) is 38.1 Å². The number of piperidine rings is 1. The van der Waals surface area contributed by atoms with Crippen LogP contribution in [0.1, 0.15) is 40.9 Å². The van der Waals surface area contributed by atoms with Crippen molar-refractivity contribution >= 4 is 17.7 Å². The van der Waals surface area contributed by atoms with Crippen LogP contribution >= 0.6 is 11.8 Å². The first kappa shape index (κ1) is 15.3. The van der Waals surface area contributed by atoms with E-state index in [1.807, 2.05) is 19.9 Å². The van der Waals surface area contributed by atoms with Crippen LogP contribution in [0.3, 0.4) is 0 Å².